The highest BCUT2D eigenvalue weighted by molar-refractivity contribution is 5.79. The summed E-state index contributed by atoms with van der Waals surface area (Å²) in [4.78, 5) is 19.4. The average molecular weight is 375 g/mol. The van der Waals surface area contributed by atoms with Gasteiger partial charge in [0.25, 0.3) is 0 Å². The van der Waals surface area contributed by atoms with Crippen molar-refractivity contribution in [3.63, 3.8) is 0 Å². The third kappa shape index (κ3) is 3.35. The normalized spacial score (nSPS) is 17.8. The van der Waals surface area contributed by atoms with Crippen molar-refractivity contribution in [2.24, 2.45) is 5.92 Å². The lowest BCUT2D eigenvalue weighted by molar-refractivity contribution is -0.125. The minimum atomic E-state index is 0.132. The number of fused-ring (bicyclic) bond motifs is 1. The first kappa shape index (κ1) is 17.2. The number of hydrogen-bond acceptors (Lipinski definition) is 4. The fraction of sp³-hybridized carbons (Fsp3) is 0.409. The Kier molecular flexibility index (Phi) is 4.26. The van der Waals surface area contributed by atoms with Crippen LogP contribution in [0.25, 0.3) is 16.9 Å². The van der Waals surface area contributed by atoms with Crippen molar-refractivity contribution in [2.45, 2.75) is 38.6 Å². The Morgan fingerprint density at radius 3 is 2.54 bits per heavy atom. The third-order valence-electron chi connectivity index (χ3n) is 5.72. The zero-order chi connectivity index (χ0) is 19.1. The number of nitrogens with zero attached hydrogens (tertiary/aromatic N) is 4. The van der Waals surface area contributed by atoms with E-state index in [9.17, 15) is 4.79 Å². The Bertz CT molecular complexity index is 1000. The van der Waals surface area contributed by atoms with Crippen molar-refractivity contribution in [2.75, 3.05) is 18.0 Å². The molecule has 2 fully saturated rings. The lowest BCUT2D eigenvalue weighted by Gasteiger charge is -2.33. The van der Waals surface area contributed by atoms with E-state index < -0.39 is 0 Å². The number of carbonyl (C=O) groups is 1. The Morgan fingerprint density at radius 2 is 1.82 bits per heavy atom. The molecule has 3 heterocycles. The molecule has 1 aliphatic carbocycles. The highest BCUT2D eigenvalue weighted by Crippen LogP contribution is 2.28. The van der Waals surface area contributed by atoms with Crippen LogP contribution in [-0.2, 0) is 4.79 Å². The van der Waals surface area contributed by atoms with E-state index in [1.807, 2.05) is 35.7 Å². The van der Waals surface area contributed by atoms with Gasteiger partial charge in [-0.2, -0.15) is 9.61 Å². The van der Waals surface area contributed by atoms with Gasteiger partial charge in [-0.15, -0.1) is 0 Å². The molecule has 0 atom stereocenters. The molecular formula is C22H25N5O. The van der Waals surface area contributed by atoms with Gasteiger partial charge in [-0.3, -0.25) is 4.79 Å². The summed E-state index contributed by atoms with van der Waals surface area (Å²) < 4.78 is 1.94. The fourth-order valence-electron chi connectivity index (χ4n) is 3.97. The van der Waals surface area contributed by atoms with E-state index in [-0.39, 0.29) is 11.8 Å². The molecule has 1 saturated heterocycles. The summed E-state index contributed by atoms with van der Waals surface area (Å²) in [6.45, 7) is 3.75. The molecular weight excluding hydrogens is 350 g/mol. The van der Waals surface area contributed by atoms with Gasteiger partial charge in [-0.25, -0.2) is 4.98 Å². The van der Waals surface area contributed by atoms with Gasteiger partial charge in [0.1, 0.15) is 5.82 Å². The minimum Gasteiger partial charge on any atom is -0.356 e. The molecule has 0 bridgehead atoms. The molecule has 3 aromatic rings. The number of anilines is 1. The molecule has 2 aromatic heterocycles. The molecule has 6 heteroatoms. The van der Waals surface area contributed by atoms with E-state index in [1.54, 1.807) is 0 Å². The predicted octanol–water partition coefficient (Wildman–Crippen LogP) is 3.20. The van der Waals surface area contributed by atoms with Crippen LogP contribution < -0.4 is 10.2 Å². The van der Waals surface area contributed by atoms with Crippen molar-refractivity contribution in [3.8, 4) is 11.3 Å². The predicted molar refractivity (Wildman–Crippen MR) is 109 cm³/mol. The summed E-state index contributed by atoms with van der Waals surface area (Å²) in [6, 6.07) is 14.8. The molecule has 0 spiro atoms. The van der Waals surface area contributed by atoms with E-state index in [0.717, 1.165) is 67.2 Å². The second kappa shape index (κ2) is 6.93. The van der Waals surface area contributed by atoms with Crippen LogP contribution in [-0.4, -0.2) is 39.6 Å². The standard InChI is InChI=1S/C22H25N5O/c1-15-13-21(26-11-9-17(10-12-26)22(28)24-18-7-8-18)27-20(23-15)14-19(25-27)16-5-3-2-4-6-16/h2-6,13-14,17-18H,7-12H2,1H3,(H,24,28). The third-order valence-corrected chi connectivity index (χ3v) is 5.72. The number of amides is 1. The average Bonchev–Trinajstić information content (AvgIpc) is 3.43. The Morgan fingerprint density at radius 1 is 1.07 bits per heavy atom. The maximum atomic E-state index is 12.4. The van der Waals surface area contributed by atoms with Gasteiger partial charge in [0.15, 0.2) is 5.65 Å². The SMILES string of the molecule is Cc1cc(N2CCC(C(=O)NC3CC3)CC2)n2nc(-c3ccccc3)cc2n1. The number of piperidine rings is 1. The van der Waals surface area contributed by atoms with E-state index in [4.69, 9.17) is 5.10 Å². The molecule has 1 aliphatic heterocycles. The van der Waals surface area contributed by atoms with Crippen molar-refractivity contribution in [1.29, 1.82) is 0 Å². The number of aromatic nitrogens is 3. The summed E-state index contributed by atoms with van der Waals surface area (Å²) in [7, 11) is 0. The number of carbonyl (C=O) groups excluding carboxylic acids is 1. The summed E-state index contributed by atoms with van der Waals surface area (Å²) in [5.74, 6) is 1.43. The second-order valence-electron chi connectivity index (χ2n) is 7.97. The topological polar surface area (TPSA) is 62.5 Å². The van der Waals surface area contributed by atoms with Crippen LogP contribution in [0.4, 0.5) is 5.82 Å². The van der Waals surface area contributed by atoms with Crippen LogP contribution in [0.5, 0.6) is 0 Å². The summed E-state index contributed by atoms with van der Waals surface area (Å²) in [6.07, 6.45) is 4.05. The molecule has 6 nitrogen and oxygen atoms in total. The Balaban J connectivity index is 1.39. The van der Waals surface area contributed by atoms with Crippen LogP contribution in [0.1, 0.15) is 31.4 Å². The van der Waals surface area contributed by atoms with Crippen molar-refractivity contribution in [3.05, 3.63) is 48.2 Å². The van der Waals surface area contributed by atoms with Crippen LogP contribution in [0.3, 0.4) is 0 Å². The number of aryl methyl sites for hydroxylation is 1. The molecule has 2 aliphatic rings. The number of benzene rings is 1. The molecule has 0 radical (unpaired) electrons. The lowest BCUT2D eigenvalue weighted by Crippen LogP contribution is -2.41. The van der Waals surface area contributed by atoms with Crippen molar-refractivity contribution < 1.29 is 4.79 Å². The summed E-state index contributed by atoms with van der Waals surface area (Å²) in [5, 5.41) is 7.99. The van der Waals surface area contributed by atoms with Crippen molar-refractivity contribution >= 4 is 17.4 Å². The van der Waals surface area contributed by atoms with E-state index in [2.05, 4.69) is 33.4 Å². The molecule has 1 amide bonds. The first-order valence-electron chi connectivity index (χ1n) is 10.2. The van der Waals surface area contributed by atoms with Gasteiger partial charge in [0.05, 0.1) is 5.69 Å². The largest absolute Gasteiger partial charge is 0.356 e. The quantitative estimate of drug-likeness (QED) is 0.761. The van der Waals surface area contributed by atoms with Gasteiger partial charge in [0.2, 0.25) is 5.91 Å². The zero-order valence-corrected chi connectivity index (χ0v) is 16.1. The van der Waals surface area contributed by atoms with Crippen LogP contribution in [0.15, 0.2) is 42.5 Å². The molecule has 1 saturated carbocycles. The molecule has 144 valence electrons. The summed E-state index contributed by atoms with van der Waals surface area (Å²) in [5.41, 5.74) is 3.86. The van der Waals surface area contributed by atoms with Crippen LogP contribution in [0.2, 0.25) is 0 Å². The van der Waals surface area contributed by atoms with Crippen LogP contribution in [0, 0.1) is 12.8 Å². The van der Waals surface area contributed by atoms with Gasteiger partial charge >= 0.3 is 0 Å². The first-order chi connectivity index (χ1) is 13.7. The van der Waals surface area contributed by atoms with Gasteiger partial charge in [-0.05, 0) is 32.6 Å². The van der Waals surface area contributed by atoms with E-state index >= 15 is 0 Å². The first-order valence-corrected chi connectivity index (χ1v) is 10.2. The molecule has 0 unspecified atom stereocenters. The molecule has 28 heavy (non-hydrogen) atoms. The highest BCUT2D eigenvalue weighted by atomic mass is 16.2. The van der Waals surface area contributed by atoms with Gasteiger partial charge in [-0.1, -0.05) is 30.3 Å². The second-order valence-corrected chi connectivity index (χ2v) is 7.97. The smallest absolute Gasteiger partial charge is 0.223 e. The molecule has 1 N–H and O–H groups in total. The zero-order valence-electron chi connectivity index (χ0n) is 16.1. The fourth-order valence-corrected chi connectivity index (χ4v) is 3.97. The van der Waals surface area contributed by atoms with E-state index in [0.29, 0.717) is 6.04 Å². The Hall–Kier alpha value is -2.89. The van der Waals surface area contributed by atoms with Gasteiger partial charge < -0.3 is 10.2 Å². The monoisotopic (exact) mass is 375 g/mol. The lowest BCUT2D eigenvalue weighted by atomic mass is 9.96. The highest BCUT2D eigenvalue weighted by Gasteiger charge is 2.30. The summed E-state index contributed by atoms with van der Waals surface area (Å²) >= 11 is 0. The maximum absolute atomic E-state index is 12.4. The minimum absolute atomic E-state index is 0.132. The number of rotatable bonds is 4. The van der Waals surface area contributed by atoms with Crippen LogP contribution >= 0.6 is 0 Å². The van der Waals surface area contributed by atoms with Gasteiger partial charge in [0, 0.05) is 48.4 Å². The number of nitrogens with one attached hydrogen (secondary N) is 1. The Labute approximate surface area is 164 Å². The maximum Gasteiger partial charge on any atom is 0.223 e. The van der Waals surface area contributed by atoms with Crippen molar-refractivity contribution in [1.82, 2.24) is 19.9 Å². The number of hydrogen-bond donors (Lipinski definition) is 1. The molecule has 1 aromatic carbocycles. The van der Waals surface area contributed by atoms with E-state index in [1.165, 1.54) is 0 Å². The molecule has 5 rings (SSSR count).